The van der Waals surface area contributed by atoms with Crippen LogP contribution < -0.4 is 5.32 Å². The number of aromatic nitrogens is 3. The number of pyridine rings is 1. The lowest BCUT2D eigenvalue weighted by molar-refractivity contribution is -0.276. The van der Waals surface area contributed by atoms with Crippen molar-refractivity contribution in [3.8, 4) is 0 Å². The van der Waals surface area contributed by atoms with E-state index in [1.165, 1.54) is 6.20 Å². The van der Waals surface area contributed by atoms with E-state index in [1.54, 1.807) is 41.4 Å². The molecule has 0 spiro atoms. The second-order valence-electron chi connectivity index (χ2n) is 9.12. The molecule has 4 unspecified atom stereocenters. The molecule has 0 saturated carbocycles. The van der Waals surface area contributed by atoms with E-state index in [0.29, 0.717) is 22.9 Å². The molecule has 8 nitrogen and oxygen atoms in total. The molecule has 38 heavy (non-hydrogen) atoms. The maximum absolute atomic E-state index is 12.5. The molecule has 0 aliphatic carbocycles. The standard InChI is InChI=1S/C28H26Cl2N4O4/c1-17-23(14-34-16-32-25(29)26(34)30)37-28(38-24(17)19-6-4-18(15-35)5-7-19)20-8-10-22(11-9-20)33-27(36)21-3-2-12-31-13-21/h2-13,16-17,23-24,28,35H,14-15H2,1H3,(H,33,36). The highest BCUT2D eigenvalue weighted by molar-refractivity contribution is 6.40. The summed E-state index contributed by atoms with van der Waals surface area (Å²) in [6.45, 7) is 2.47. The highest BCUT2D eigenvalue weighted by Crippen LogP contribution is 2.42. The summed E-state index contributed by atoms with van der Waals surface area (Å²) in [5.74, 6) is -0.284. The molecule has 2 aromatic heterocycles. The average Bonchev–Trinajstić information content (AvgIpc) is 3.27. The van der Waals surface area contributed by atoms with E-state index in [0.717, 1.165) is 16.7 Å². The van der Waals surface area contributed by atoms with Crippen molar-refractivity contribution in [2.45, 2.75) is 38.6 Å². The topological polar surface area (TPSA) is 98.5 Å². The minimum atomic E-state index is -0.667. The van der Waals surface area contributed by atoms with Gasteiger partial charge >= 0.3 is 0 Å². The monoisotopic (exact) mass is 552 g/mol. The molecule has 5 rings (SSSR count). The van der Waals surface area contributed by atoms with Crippen LogP contribution in [0.1, 0.15) is 46.4 Å². The lowest BCUT2D eigenvalue weighted by Gasteiger charge is -2.41. The number of amides is 1. The molecule has 1 amide bonds. The summed E-state index contributed by atoms with van der Waals surface area (Å²) >= 11 is 12.4. The number of carbonyl (C=O) groups excluding carboxylic acids is 1. The Bertz CT molecular complexity index is 1380. The molecule has 3 heterocycles. The molecule has 0 bridgehead atoms. The first-order valence-corrected chi connectivity index (χ1v) is 12.9. The van der Waals surface area contributed by atoms with Gasteiger partial charge in [0.15, 0.2) is 11.4 Å². The van der Waals surface area contributed by atoms with Gasteiger partial charge in [-0.05, 0) is 35.4 Å². The van der Waals surface area contributed by atoms with E-state index in [1.807, 2.05) is 36.4 Å². The first-order chi connectivity index (χ1) is 18.4. The van der Waals surface area contributed by atoms with Gasteiger partial charge in [0, 0.05) is 29.6 Å². The maximum Gasteiger partial charge on any atom is 0.257 e. The molecular formula is C28H26Cl2N4O4. The molecule has 0 radical (unpaired) electrons. The van der Waals surface area contributed by atoms with E-state index < -0.39 is 6.29 Å². The van der Waals surface area contributed by atoms with Gasteiger partial charge in [-0.2, -0.15) is 0 Å². The number of aliphatic hydroxyl groups excluding tert-OH is 1. The van der Waals surface area contributed by atoms with Crippen LogP contribution in [0.2, 0.25) is 10.3 Å². The molecule has 1 aliphatic rings. The third-order valence-electron chi connectivity index (χ3n) is 6.60. The van der Waals surface area contributed by atoms with Crippen molar-refractivity contribution in [2.75, 3.05) is 5.32 Å². The molecular weight excluding hydrogens is 527 g/mol. The predicted molar refractivity (Wildman–Crippen MR) is 144 cm³/mol. The summed E-state index contributed by atoms with van der Waals surface area (Å²) < 4.78 is 14.7. The van der Waals surface area contributed by atoms with Gasteiger partial charge in [-0.3, -0.25) is 9.78 Å². The third-order valence-corrected chi connectivity index (χ3v) is 7.37. The van der Waals surface area contributed by atoms with Crippen LogP contribution in [0.25, 0.3) is 0 Å². The van der Waals surface area contributed by atoms with Gasteiger partial charge in [-0.25, -0.2) is 4.98 Å². The highest BCUT2D eigenvalue weighted by atomic mass is 35.5. The smallest absolute Gasteiger partial charge is 0.257 e. The number of aliphatic hydroxyl groups is 1. The van der Waals surface area contributed by atoms with Gasteiger partial charge in [0.1, 0.15) is 5.15 Å². The SMILES string of the molecule is CC1C(Cn2cnc(Cl)c2Cl)OC(c2ccc(NC(=O)c3cccnc3)cc2)OC1c1ccc(CO)cc1. The number of halogens is 2. The van der Waals surface area contributed by atoms with Crippen molar-refractivity contribution in [1.29, 1.82) is 0 Å². The van der Waals surface area contributed by atoms with Gasteiger partial charge in [-0.15, -0.1) is 0 Å². The molecule has 4 aromatic rings. The zero-order valence-corrected chi connectivity index (χ0v) is 22.0. The van der Waals surface area contributed by atoms with E-state index >= 15 is 0 Å². The molecule has 1 aliphatic heterocycles. The number of hydrogen-bond acceptors (Lipinski definition) is 6. The van der Waals surface area contributed by atoms with Crippen LogP contribution in [0.3, 0.4) is 0 Å². The molecule has 2 N–H and O–H groups in total. The molecule has 1 fully saturated rings. The Balaban J connectivity index is 1.38. The van der Waals surface area contributed by atoms with E-state index in [9.17, 15) is 9.90 Å². The van der Waals surface area contributed by atoms with Crippen LogP contribution in [-0.2, 0) is 22.6 Å². The maximum atomic E-state index is 12.5. The fourth-order valence-corrected chi connectivity index (χ4v) is 4.73. The second-order valence-corrected chi connectivity index (χ2v) is 9.83. The Morgan fingerprint density at radius 3 is 2.42 bits per heavy atom. The van der Waals surface area contributed by atoms with Crippen molar-refractivity contribution in [1.82, 2.24) is 14.5 Å². The van der Waals surface area contributed by atoms with Crippen LogP contribution in [0.4, 0.5) is 5.69 Å². The number of hydrogen-bond donors (Lipinski definition) is 2. The van der Waals surface area contributed by atoms with Crippen molar-refractivity contribution >= 4 is 34.8 Å². The van der Waals surface area contributed by atoms with Crippen LogP contribution in [-0.4, -0.2) is 31.7 Å². The van der Waals surface area contributed by atoms with E-state index in [2.05, 4.69) is 22.2 Å². The lowest BCUT2D eigenvalue weighted by Crippen LogP contribution is -2.39. The number of imidazole rings is 1. The fourth-order valence-electron chi connectivity index (χ4n) is 4.42. The summed E-state index contributed by atoms with van der Waals surface area (Å²) in [6, 6.07) is 18.5. The van der Waals surface area contributed by atoms with Crippen molar-refractivity contribution in [2.24, 2.45) is 5.92 Å². The minimum absolute atomic E-state index is 0.0285. The number of nitrogens with one attached hydrogen (secondary N) is 1. The first kappa shape index (κ1) is 26.3. The fraction of sp³-hybridized carbons (Fsp3) is 0.250. The van der Waals surface area contributed by atoms with Gasteiger partial charge in [0.2, 0.25) is 0 Å². The molecule has 10 heteroatoms. The van der Waals surface area contributed by atoms with E-state index in [4.69, 9.17) is 32.7 Å². The van der Waals surface area contributed by atoms with Crippen LogP contribution in [0, 0.1) is 5.92 Å². The van der Waals surface area contributed by atoms with Gasteiger partial charge in [-0.1, -0.05) is 66.5 Å². The quantitative estimate of drug-likeness (QED) is 0.299. The normalized spacial score (nSPS) is 21.3. The second kappa shape index (κ2) is 11.6. The van der Waals surface area contributed by atoms with Crippen LogP contribution >= 0.6 is 23.2 Å². The Hall–Kier alpha value is -3.27. The van der Waals surface area contributed by atoms with Crippen molar-refractivity contribution in [3.05, 3.63) is 112 Å². The third kappa shape index (κ3) is 5.75. The Kier molecular flexibility index (Phi) is 8.06. The Morgan fingerprint density at radius 2 is 1.79 bits per heavy atom. The summed E-state index contributed by atoms with van der Waals surface area (Å²) in [6.07, 6.45) is 3.50. The summed E-state index contributed by atoms with van der Waals surface area (Å²) in [5, 5.41) is 12.9. The number of benzene rings is 2. The number of carbonyl (C=O) groups is 1. The summed E-state index contributed by atoms with van der Waals surface area (Å²) in [4.78, 5) is 20.6. The average molecular weight is 553 g/mol. The largest absolute Gasteiger partial charge is 0.392 e. The zero-order chi connectivity index (χ0) is 26.6. The first-order valence-electron chi connectivity index (χ1n) is 12.1. The predicted octanol–water partition coefficient (Wildman–Crippen LogP) is 5.82. The Labute approximate surface area is 230 Å². The number of rotatable bonds is 7. The van der Waals surface area contributed by atoms with Crippen molar-refractivity contribution < 1.29 is 19.4 Å². The van der Waals surface area contributed by atoms with Gasteiger partial charge in [0.05, 0.1) is 37.3 Å². The number of nitrogens with zero attached hydrogens (tertiary/aromatic N) is 3. The number of ether oxygens (including phenoxy) is 2. The van der Waals surface area contributed by atoms with Gasteiger partial charge < -0.3 is 24.5 Å². The molecule has 196 valence electrons. The lowest BCUT2D eigenvalue weighted by atomic mass is 9.90. The molecule has 4 atom stereocenters. The summed E-state index contributed by atoms with van der Waals surface area (Å²) in [7, 11) is 0. The number of anilines is 1. The Morgan fingerprint density at radius 1 is 1.05 bits per heavy atom. The molecule has 2 aromatic carbocycles. The zero-order valence-electron chi connectivity index (χ0n) is 20.5. The van der Waals surface area contributed by atoms with Crippen molar-refractivity contribution in [3.63, 3.8) is 0 Å². The van der Waals surface area contributed by atoms with Gasteiger partial charge in [0.25, 0.3) is 5.91 Å². The minimum Gasteiger partial charge on any atom is -0.392 e. The van der Waals surface area contributed by atoms with E-state index in [-0.39, 0.29) is 35.8 Å². The van der Waals surface area contributed by atoms with Crippen LogP contribution in [0.5, 0.6) is 0 Å². The summed E-state index contributed by atoms with van der Waals surface area (Å²) in [5.41, 5.74) is 3.71. The van der Waals surface area contributed by atoms with Crippen LogP contribution in [0.15, 0.2) is 79.4 Å². The highest BCUT2D eigenvalue weighted by Gasteiger charge is 2.38. The molecule has 1 saturated heterocycles.